The molecule has 1 nitrogen and oxygen atoms in total. The van der Waals surface area contributed by atoms with Crippen LogP contribution in [0.5, 0.6) is 0 Å². The summed E-state index contributed by atoms with van der Waals surface area (Å²) in [7, 11) is 0. The Morgan fingerprint density at radius 2 is 2.33 bits per heavy atom. The molecule has 1 N–H and O–H groups in total. The van der Waals surface area contributed by atoms with Crippen molar-refractivity contribution < 1.29 is 0 Å². The third kappa shape index (κ3) is 1.34. The van der Waals surface area contributed by atoms with Crippen LogP contribution in [0, 0.1) is 0 Å². The van der Waals surface area contributed by atoms with Crippen LogP contribution in [-0.4, -0.2) is 11.8 Å². The van der Waals surface area contributed by atoms with E-state index in [0.717, 1.165) is 5.75 Å². The van der Waals surface area contributed by atoms with Crippen molar-refractivity contribution in [2.75, 3.05) is 11.1 Å². The van der Waals surface area contributed by atoms with E-state index >= 15 is 0 Å². The molecule has 0 unspecified atom stereocenters. The molecular weight excluding hydrogens is 166 g/mol. The van der Waals surface area contributed by atoms with E-state index in [-0.39, 0.29) is 0 Å². The second-order valence-electron chi connectivity index (χ2n) is 2.79. The van der Waals surface area contributed by atoms with Gasteiger partial charge in [-0.2, -0.15) is 0 Å². The Morgan fingerprint density at radius 1 is 1.50 bits per heavy atom. The maximum atomic E-state index is 3.78. The van der Waals surface area contributed by atoms with Gasteiger partial charge in [0.05, 0.1) is 6.04 Å². The van der Waals surface area contributed by atoms with E-state index < -0.39 is 0 Å². The number of fused-ring (bicyclic) bond motifs is 1. The van der Waals surface area contributed by atoms with Crippen LogP contribution in [0.15, 0.2) is 41.8 Å². The summed E-state index contributed by atoms with van der Waals surface area (Å²) in [6.45, 7) is 3.78. The highest BCUT2D eigenvalue weighted by Crippen LogP contribution is 2.32. The van der Waals surface area contributed by atoms with E-state index in [1.165, 1.54) is 10.6 Å². The predicted octanol–water partition coefficient (Wildman–Crippen LogP) is 2.76. The average Bonchev–Trinajstić information content (AvgIpc) is 2.17. The summed E-state index contributed by atoms with van der Waals surface area (Å²) >= 11 is 1.89. The molecule has 0 bridgehead atoms. The Hall–Kier alpha value is -0.890. The van der Waals surface area contributed by atoms with Crippen LogP contribution in [-0.2, 0) is 0 Å². The molecule has 1 atom stereocenters. The van der Waals surface area contributed by atoms with Crippen molar-refractivity contribution >= 4 is 17.4 Å². The molecule has 0 aliphatic carbocycles. The summed E-state index contributed by atoms with van der Waals surface area (Å²) in [5.41, 5.74) is 1.23. The SMILES string of the molecule is C=C[C@H]1CSc2ccccc2N1. The normalized spacial score (nSPS) is 20.8. The minimum Gasteiger partial charge on any atom is -0.377 e. The van der Waals surface area contributed by atoms with E-state index in [4.69, 9.17) is 0 Å². The van der Waals surface area contributed by atoms with Gasteiger partial charge in [-0.1, -0.05) is 18.2 Å². The number of thioether (sulfide) groups is 1. The van der Waals surface area contributed by atoms with E-state index in [0.29, 0.717) is 6.04 Å². The van der Waals surface area contributed by atoms with Gasteiger partial charge in [0.25, 0.3) is 0 Å². The summed E-state index contributed by atoms with van der Waals surface area (Å²) in [6, 6.07) is 8.80. The molecule has 2 heteroatoms. The van der Waals surface area contributed by atoms with E-state index in [1.807, 2.05) is 17.8 Å². The van der Waals surface area contributed by atoms with E-state index in [9.17, 15) is 0 Å². The second kappa shape index (κ2) is 3.23. The third-order valence-electron chi connectivity index (χ3n) is 1.93. The van der Waals surface area contributed by atoms with Gasteiger partial charge in [-0.05, 0) is 12.1 Å². The second-order valence-corrected chi connectivity index (χ2v) is 3.86. The minimum atomic E-state index is 0.421. The fraction of sp³-hybridized carbons (Fsp3) is 0.200. The zero-order valence-corrected chi connectivity index (χ0v) is 7.60. The van der Waals surface area contributed by atoms with Gasteiger partial charge in [0.2, 0.25) is 0 Å². The first-order chi connectivity index (χ1) is 5.90. The summed E-state index contributed by atoms with van der Waals surface area (Å²) in [4.78, 5) is 1.34. The molecule has 1 aromatic rings. The summed E-state index contributed by atoms with van der Waals surface area (Å²) in [5.74, 6) is 1.08. The predicted molar refractivity (Wildman–Crippen MR) is 54.8 cm³/mol. The Kier molecular flexibility index (Phi) is 2.09. The first-order valence-electron chi connectivity index (χ1n) is 4.01. The van der Waals surface area contributed by atoms with Crippen LogP contribution in [0.2, 0.25) is 0 Å². The van der Waals surface area contributed by atoms with E-state index in [1.54, 1.807) is 0 Å². The van der Waals surface area contributed by atoms with Crippen LogP contribution < -0.4 is 5.32 Å². The maximum Gasteiger partial charge on any atom is 0.0536 e. The Balaban J connectivity index is 2.28. The minimum absolute atomic E-state index is 0.421. The number of benzene rings is 1. The summed E-state index contributed by atoms with van der Waals surface area (Å²) < 4.78 is 0. The van der Waals surface area contributed by atoms with Gasteiger partial charge < -0.3 is 5.32 Å². The summed E-state index contributed by atoms with van der Waals surface area (Å²) in [6.07, 6.45) is 1.96. The lowest BCUT2D eigenvalue weighted by Gasteiger charge is -2.23. The van der Waals surface area contributed by atoms with Crippen molar-refractivity contribution in [3.8, 4) is 0 Å². The zero-order valence-electron chi connectivity index (χ0n) is 6.79. The molecule has 0 spiro atoms. The lowest BCUT2D eigenvalue weighted by Crippen LogP contribution is -2.22. The average molecular weight is 177 g/mol. The van der Waals surface area contributed by atoms with Crippen molar-refractivity contribution in [1.82, 2.24) is 0 Å². The van der Waals surface area contributed by atoms with Crippen molar-refractivity contribution in [3.05, 3.63) is 36.9 Å². The molecule has 0 saturated carbocycles. The smallest absolute Gasteiger partial charge is 0.0536 e. The molecule has 1 aromatic carbocycles. The van der Waals surface area contributed by atoms with E-state index in [2.05, 4.69) is 36.2 Å². The van der Waals surface area contributed by atoms with Gasteiger partial charge in [-0.15, -0.1) is 18.3 Å². The Labute approximate surface area is 76.9 Å². The van der Waals surface area contributed by atoms with Crippen molar-refractivity contribution in [1.29, 1.82) is 0 Å². The van der Waals surface area contributed by atoms with Gasteiger partial charge in [0.1, 0.15) is 0 Å². The lowest BCUT2D eigenvalue weighted by atomic mass is 10.2. The monoisotopic (exact) mass is 177 g/mol. The number of hydrogen-bond donors (Lipinski definition) is 1. The molecule has 0 radical (unpaired) electrons. The number of para-hydroxylation sites is 1. The van der Waals surface area contributed by atoms with Crippen LogP contribution in [0.1, 0.15) is 0 Å². The van der Waals surface area contributed by atoms with Gasteiger partial charge in [-0.25, -0.2) is 0 Å². The quantitative estimate of drug-likeness (QED) is 0.662. The molecule has 62 valence electrons. The molecule has 1 aliphatic heterocycles. The van der Waals surface area contributed by atoms with Crippen molar-refractivity contribution in [2.24, 2.45) is 0 Å². The number of rotatable bonds is 1. The molecule has 12 heavy (non-hydrogen) atoms. The van der Waals surface area contributed by atoms with Gasteiger partial charge in [0.15, 0.2) is 0 Å². The highest BCUT2D eigenvalue weighted by Gasteiger charge is 2.13. The fourth-order valence-electron chi connectivity index (χ4n) is 1.26. The molecule has 0 saturated heterocycles. The first kappa shape index (κ1) is 7.74. The van der Waals surface area contributed by atoms with Gasteiger partial charge in [-0.3, -0.25) is 0 Å². The molecule has 0 amide bonds. The van der Waals surface area contributed by atoms with Crippen LogP contribution in [0.3, 0.4) is 0 Å². The lowest BCUT2D eigenvalue weighted by molar-refractivity contribution is 0.989. The number of anilines is 1. The Morgan fingerprint density at radius 3 is 3.17 bits per heavy atom. The molecule has 1 aliphatic rings. The standard InChI is InChI=1S/C10H11NS/c1-2-8-7-12-10-6-4-3-5-9(10)11-8/h2-6,8,11H,1,7H2/t8-/m0/s1. The number of hydrogen-bond acceptors (Lipinski definition) is 2. The molecular formula is C10H11NS. The van der Waals surface area contributed by atoms with Gasteiger partial charge >= 0.3 is 0 Å². The molecule has 0 fully saturated rings. The molecule has 0 aromatic heterocycles. The summed E-state index contributed by atoms with van der Waals surface area (Å²) in [5, 5.41) is 3.41. The third-order valence-corrected chi connectivity index (χ3v) is 3.12. The van der Waals surface area contributed by atoms with Crippen LogP contribution >= 0.6 is 11.8 Å². The van der Waals surface area contributed by atoms with Crippen molar-refractivity contribution in [3.63, 3.8) is 0 Å². The zero-order chi connectivity index (χ0) is 8.39. The van der Waals surface area contributed by atoms with Crippen molar-refractivity contribution in [2.45, 2.75) is 10.9 Å². The maximum absolute atomic E-state index is 3.78. The first-order valence-corrected chi connectivity index (χ1v) is 4.99. The largest absolute Gasteiger partial charge is 0.377 e. The Bertz CT molecular complexity index is 296. The topological polar surface area (TPSA) is 12.0 Å². The van der Waals surface area contributed by atoms with Gasteiger partial charge in [0, 0.05) is 16.3 Å². The molecule has 1 heterocycles. The highest BCUT2D eigenvalue weighted by molar-refractivity contribution is 7.99. The highest BCUT2D eigenvalue weighted by atomic mass is 32.2. The van der Waals surface area contributed by atoms with Crippen LogP contribution in [0.25, 0.3) is 0 Å². The van der Waals surface area contributed by atoms with Crippen LogP contribution in [0.4, 0.5) is 5.69 Å². The number of nitrogens with one attached hydrogen (secondary N) is 1. The fourth-order valence-corrected chi connectivity index (χ4v) is 2.30. The molecule has 2 rings (SSSR count).